The smallest absolute Gasteiger partial charge is 0.160 e. The van der Waals surface area contributed by atoms with Crippen molar-refractivity contribution in [3.63, 3.8) is 0 Å². The third-order valence-corrected chi connectivity index (χ3v) is 11.1. The summed E-state index contributed by atoms with van der Waals surface area (Å²) in [6, 6.07) is 55.7. The van der Waals surface area contributed by atoms with Crippen molar-refractivity contribution >= 4 is 44.1 Å². The number of rotatable bonds is 7. The molecule has 9 aromatic rings. The molecule has 0 N–H and O–H groups in total. The van der Waals surface area contributed by atoms with Gasteiger partial charge in [-0.1, -0.05) is 185 Å². The highest BCUT2D eigenvalue weighted by molar-refractivity contribution is 6.15. The molecule has 0 saturated heterocycles. The van der Waals surface area contributed by atoms with Crippen molar-refractivity contribution in [3.05, 3.63) is 197 Å². The van der Waals surface area contributed by atoms with Gasteiger partial charge >= 0.3 is 0 Å². The third-order valence-electron chi connectivity index (χ3n) is 11.1. The van der Waals surface area contributed by atoms with Crippen LogP contribution in [-0.2, 0) is 0 Å². The van der Waals surface area contributed by atoms with Crippen LogP contribution in [0.5, 0.6) is 0 Å². The summed E-state index contributed by atoms with van der Waals surface area (Å²) in [6.07, 6.45) is 6.48. The SMILES string of the molecule is C/C=C\c1c(C)ccc2c(-c3ccc(-c4ccc(-c5nc(/C(=C/C)c6ccccc6C)cc(-c6cccc7ccccc67)n5)cc4)cc3)nc3cc#cc(C)c3c12.CC.CC. The van der Waals surface area contributed by atoms with Gasteiger partial charge in [-0.2, -0.15) is 0 Å². The number of aromatic nitrogens is 3. The Hall–Kier alpha value is -7.15. The van der Waals surface area contributed by atoms with Crippen LogP contribution in [0.15, 0.2) is 152 Å². The number of allylic oxidation sites excluding steroid dienone is 2. The van der Waals surface area contributed by atoms with Gasteiger partial charge < -0.3 is 0 Å². The lowest BCUT2D eigenvalue weighted by atomic mass is 9.92. The second-order valence-electron chi connectivity index (χ2n) is 14.6. The summed E-state index contributed by atoms with van der Waals surface area (Å²) < 4.78 is 0. The monoisotopic (exact) mass is 791 g/mol. The van der Waals surface area contributed by atoms with Gasteiger partial charge in [0.1, 0.15) is 0 Å². The molecule has 0 aliphatic rings. The zero-order valence-electron chi connectivity index (χ0n) is 36.9. The van der Waals surface area contributed by atoms with E-state index in [0.29, 0.717) is 5.82 Å². The summed E-state index contributed by atoms with van der Waals surface area (Å²) >= 11 is 0. The molecule has 2 heterocycles. The minimum absolute atomic E-state index is 0.692. The molecule has 0 radical (unpaired) electrons. The average Bonchev–Trinajstić information content (AvgIpc) is 3.31. The molecule has 0 aliphatic carbocycles. The molecule has 7 aromatic carbocycles. The van der Waals surface area contributed by atoms with Crippen LogP contribution in [0.1, 0.15) is 75.1 Å². The lowest BCUT2D eigenvalue weighted by Gasteiger charge is -2.15. The number of benzene rings is 6. The first-order chi connectivity index (χ1) is 29.9. The van der Waals surface area contributed by atoms with Crippen molar-refractivity contribution in [2.75, 3.05) is 0 Å². The van der Waals surface area contributed by atoms with E-state index in [4.69, 9.17) is 15.0 Å². The Morgan fingerprint density at radius 3 is 1.93 bits per heavy atom. The molecule has 3 nitrogen and oxygen atoms in total. The normalized spacial score (nSPS) is 11.3. The molecule has 0 aliphatic heterocycles. The molecule has 0 bridgehead atoms. The first-order valence-electron chi connectivity index (χ1n) is 21.5. The molecule has 0 fully saturated rings. The minimum Gasteiger partial charge on any atom is -0.246 e. The second kappa shape index (κ2) is 18.8. The predicted octanol–water partition coefficient (Wildman–Crippen LogP) is 16.1. The van der Waals surface area contributed by atoms with E-state index in [1.54, 1.807) is 0 Å². The van der Waals surface area contributed by atoms with Crippen molar-refractivity contribution in [3.8, 4) is 45.0 Å². The van der Waals surface area contributed by atoms with E-state index < -0.39 is 0 Å². The summed E-state index contributed by atoms with van der Waals surface area (Å²) in [5.41, 5.74) is 16.0. The van der Waals surface area contributed by atoms with E-state index in [9.17, 15) is 0 Å². The van der Waals surface area contributed by atoms with E-state index in [2.05, 4.69) is 198 Å². The Labute approximate surface area is 362 Å². The average molecular weight is 792 g/mol. The fraction of sp³-hybridized carbons (Fsp3) is 0.155. The quantitative estimate of drug-likeness (QED) is 0.161. The standard InChI is InChI=1S/C54H41N3.2C2H6/c1-6-14-44-35(4)23-32-47-52(44)51-36(5)16-12-22-48(51)55-53(47)40-28-24-37(25-29-40)38-26-30-41(31-27-38)54-56-49(42(7-2)43-19-10-8-15-34(43)3)33-50(57-54)46-21-13-18-39-17-9-11-20-45(39)46;2*1-2/h6-11,13-15,17-33H,1-5H3;2*1-2H3/b14-6-,42-7+;;. The van der Waals surface area contributed by atoms with Crippen LogP contribution in [0.2, 0.25) is 0 Å². The Balaban J connectivity index is 0.00000136. The first-order valence-corrected chi connectivity index (χ1v) is 21.5. The van der Waals surface area contributed by atoms with E-state index in [1.807, 2.05) is 33.8 Å². The Morgan fingerprint density at radius 1 is 0.574 bits per heavy atom. The number of aryl methyl sites for hydroxylation is 3. The second-order valence-corrected chi connectivity index (χ2v) is 14.6. The molecule has 9 rings (SSSR count). The fourth-order valence-electron chi connectivity index (χ4n) is 8.17. The lowest BCUT2D eigenvalue weighted by Crippen LogP contribution is -2.00. The van der Waals surface area contributed by atoms with E-state index in [-0.39, 0.29) is 0 Å². The van der Waals surface area contributed by atoms with Crippen LogP contribution < -0.4 is 0 Å². The van der Waals surface area contributed by atoms with Crippen molar-refractivity contribution in [2.45, 2.75) is 62.3 Å². The van der Waals surface area contributed by atoms with E-state index >= 15 is 0 Å². The van der Waals surface area contributed by atoms with Crippen molar-refractivity contribution < 1.29 is 0 Å². The third kappa shape index (κ3) is 8.23. The molecule has 0 unspecified atom stereocenters. The van der Waals surface area contributed by atoms with E-state index in [0.717, 1.165) is 72.3 Å². The van der Waals surface area contributed by atoms with Crippen LogP contribution in [-0.4, -0.2) is 15.0 Å². The molecule has 0 amide bonds. The summed E-state index contributed by atoms with van der Waals surface area (Å²) in [7, 11) is 0. The van der Waals surface area contributed by atoms with Crippen LogP contribution in [0.3, 0.4) is 0 Å². The molecule has 2 aromatic heterocycles. The van der Waals surface area contributed by atoms with Gasteiger partial charge in [-0.15, -0.1) is 0 Å². The fourth-order valence-corrected chi connectivity index (χ4v) is 8.17. The van der Waals surface area contributed by atoms with Crippen molar-refractivity contribution in [1.29, 1.82) is 0 Å². The number of fused-ring (bicyclic) bond motifs is 4. The Kier molecular flexibility index (Phi) is 13.0. The lowest BCUT2D eigenvalue weighted by molar-refractivity contribution is 1.15. The van der Waals surface area contributed by atoms with Gasteiger partial charge in [-0.25, -0.2) is 15.0 Å². The van der Waals surface area contributed by atoms with Crippen LogP contribution in [0.25, 0.3) is 89.1 Å². The molecule has 61 heavy (non-hydrogen) atoms. The number of hydrogen-bond acceptors (Lipinski definition) is 3. The largest absolute Gasteiger partial charge is 0.246 e. The maximum Gasteiger partial charge on any atom is 0.160 e. The molecule has 0 saturated carbocycles. The highest BCUT2D eigenvalue weighted by atomic mass is 14.9. The minimum atomic E-state index is 0.692. The summed E-state index contributed by atoms with van der Waals surface area (Å²) in [6.45, 7) is 18.6. The number of nitrogens with zero attached hydrogens (tertiary/aromatic N) is 3. The maximum atomic E-state index is 5.23. The number of pyridine rings is 1. The molecular formula is C58H53N3. The topological polar surface area (TPSA) is 38.7 Å². The highest BCUT2D eigenvalue weighted by Gasteiger charge is 2.18. The Bertz CT molecular complexity index is 3040. The zero-order chi connectivity index (χ0) is 43.0. The molecular weight excluding hydrogens is 739 g/mol. The number of hydrogen-bond donors (Lipinski definition) is 0. The molecule has 300 valence electrons. The Morgan fingerprint density at radius 2 is 1.23 bits per heavy atom. The van der Waals surface area contributed by atoms with Gasteiger partial charge in [0.05, 0.1) is 22.6 Å². The van der Waals surface area contributed by atoms with Gasteiger partial charge in [0, 0.05) is 50.1 Å². The van der Waals surface area contributed by atoms with Gasteiger partial charge in [0.25, 0.3) is 0 Å². The van der Waals surface area contributed by atoms with Crippen molar-refractivity contribution in [2.24, 2.45) is 0 Å². The molecule has 0 atom stereocenters. The first kappa shape index (κ1) is 42.0. The van der Waals surface area contributed by atoms with Crippen LogP contribution in [0, 0.1) is 32.9 Å². The van der Waals surface area contributed by atoms with Crippen molar-refractivity contribution in [1.82, 2.24) is 15.0 Å². The van der Waals surface area contributed by atoms with Crippen LogP contribution in [0.4, 0.5) is 0 Å². The highest BCUT2D eigenvalue weighted by Crippen LogP contribution is 2.38. The van der Waals surface area contributed by atoms with Crippen LogP contribution >= 0.6 is 0 Å². The van der Waals surface area contributed by atoms with Gasteiger partial charge in [0.2, 0.25) is 0 Å². The van der Waals surface area contributed by atoms with Gasteiger partial charge in [0.15, 0.2) is 5.82 Å². The molecule has 3 heteroatoms. The summed E-state index contributed by atoms with van der Waals surface area (Å²) in [4.78, 5) is 15.7. The summed E-state index contributed by atoms with van der Waals surface area (Å²) in [5, 5.41) is 5.83. The predicted molar refractivity (Wildman–Crippen MR) is 263 cm³/mol. The van der Waals surface area contributed by atoms with E-state index in [1.165, 1.54) is 38.4 Å². The summed E-state index contributed by atoms with van der Waals surface area (Å²) in [5.74, 6) is 0.692. The van der Waals surface area contributed by atoms with Gasteiger partial charge in [-0.05, 0) is 84.8 Å². The van der Waals surface area contributed by atoms with Gasteiger partial charge in [-0.3, -0.25) is 0 Å². The zero-order valence-corrected chi connectivity index (χ0v) is 36.9. The molecule has 0 spiro atoms. The maximum absolute atomic E-state index is 5.23.